The molecular weight excluding hydrogens is 476 g/mol. The van der Waals surface area contributed by atoms with Crippen LogP contribution in [0.25, 0.3) is 0 Å². The van der Waals surface area contributed by atoms with Crippen molar-refractivity contribution in [3.8, 4) is 5.75 Å². The van der Waals surface area contributed by atoms with E-state index >= 15 is 0 Å². The average molecular weight is 507 g/mol. The Bertz CT molecular complexity index is 1170. The van der Waals surface area contributed by atoms with Gasteiger partial charge < -0.3 is 30.3 Å². The molecule has 0 saturated carbocycles. The van der Waals surface area contributed by atoms with Crippen LogP contribution in [0.15, 0.2) is 84.9 Å². The van der Waals surface area contributed by atoms with Gasteiger partial charge in [-0.15, -0.1) is 0 Å². The van der Waals surface area contributed by atoms with E-state index in [1.54, 1.807) is 48.5 Å². The van der Waals surface area contributed by atoms with Crippen molar-refractivity contribution >= 4 is 18.0 Å². The molecule has 3 atom stereocenters. The number of aliphatic hydroxyl groups excluding tert-OH is 1. The van der Waals surface area contributed by atoms with E-state index in [9.17, 15) is 24.6 Å². The molecular formula is C28H30N2O7. The fourth-order valence-corrected chi connectivity index (χ4v) is 3.50. The summed E-state index contributed by atoms with van der Waals surface area (Å²) in [7, 11) is 0. The maximum Gasteiger partial charge on any atom is 0.408 e. The number of alkyl carbamates (subject to hydrolysis) is 1. The molecule has 0 saturated heterocycles. The number of hydrogen-bond acceptors (Lipinski definition) is 6. The van der Waals surface area contributed by atoms with Gasteiger partial charge in [-0.2, -0.15) is 0 Å². The van der Waals surface area contributed by atoms with Crippen LogP contribution in [0.5, 0.6) is 5.75 Å². The van der Waals surface area contributed by atoms with E-state index in [0.717, 1.165) is 11.1 Å². The highest BCUT2D eigenvalue weighted by molar-refractivity contribution is 5.89. The number of hydrogen-bond donors (Lipinski definition) is 4. The fraction of sp³-hybridized carbons (Fsp3) is 0.250. The van der Waals surface area contributed by atoms with Crippen LogP contribution < -0.4 is 15.4 Å². The van der Waals surface area contributed by atoms with Crippen molar-refractivity contribution in [2.45, 2.75) is 44.7 Å². The number of rotatable bonds is 12. The number of ether oxygens (including phenoxy) is 2. The molecule has 194 valence electrons. The van der Waals surface area contributed by atoms with E-state index in [4.69, 9.17) is 9.47 Å². The van der Waals surface area contributed by atoms with Gasteiger partial charge in [-0.05, 0) is 35.7 Å². The van der Waals surface area contributed by atoms with E-state index in [0.29, 0.717) is 17.9 Å². The lowest BCUT2D eigenvalue weighted by molar-refractivity contribution is -0.142. The van der Waals surface area contributed by atoms with Crippen LogP contribution in [0.3, 0.4) is 0 Å². The van der Waals surface area contributed by atoms with Crippen molar-refractivity contribution in [3.63, 3.8) is 0 Å². The second kappa shape index (κ2) is 13.6. The number of nitrogens with one attached hydrogen (secondary N) is 2. The number of carboxylic acids is 1. The molecule has 0 unspecified atom stereocenters. The Morgan fingerprint density at radius 3 is 2.00 bits per heavy atom. The first kappa shape index (κ1) is 27.2. The Morgan fingerprint density at radius 1 is 0.811 bits per heavy atom. The molecule has 3 rings (SSSR count). The maximum absolute atomic E-state index is 12.8. The molecule has 2 amide bonds. The molecule has 37 heavy (non-hydrogen) atoms. The molecule has 3 aromatic carbocycles. The van der Waals surface area contributed by atoms with Crippen LogP contribution >= 0.6 is 0 Å². The van der Waals surface area contributed by atoms with Crippen LogP contribution in [0, 0.1) is 0 Å². The van der Waals surface area contributed by atoms with Crippen LogP contribution in [0.2, 0.25) is 0 Å². The quantitative estimate of drug-likeness (QED) is 0.297. The summed E-state index contributed by atoms with van der Waals surface area (Å²) in [6, 6.07) is 22.8. The molecule has 0 bridgehead atoms. The smallest absolute Gasteiger partial charge is 0.408 e. The predicted molar refractivity (Wildman–Crippen MR) is 136 cm³/mol. The maximum atomic E-state index is 12.8. The normalized spacial score (nSPS) is 13.0. The second-order valence-corrected chi connectivity index (χ2v) is 8.45. The number of benzene rings is 3. The van der Waals surface area contributed by atoms with E-state index in [-0.39, 0.29) is 13.0 Å². The lowest BCUT2D eigenvalue weighted by Gasteiger charge is -2.23. The molecule has 4 N–H and O–H groups in total. The van der Waals surface area contributed by atoms with E-state index in [2.05, 4.69) is 10.6 Å². The first-order valence-corrected chi connectivity index (χ1v) is 11.8. The van der Waals surface area contributed by atoms with Crippen molar-refractivity contribution in [1.82, 2.24) is 10.6 Å². The zero-order valence-corrected chi connectivity index (χ0v) is 20.4. The standard InChI is InChI=1S/C28H30N2O7/c1-19(31)25(30-28(35)37-18-21-11-6-3-7-12-21)26(32)29-24(27(33)34)16-22-13-8-14-23(15-22)36-17-20-9-4-2-5-10-20/h2-15,19,24-25,31H,16-18H2,1H3,(H,29,32)(H,30,35)(H,33,34)/t19-,24-,25+/m1/s1. The van der Waals surface area contributed by atoms with Crippen LogP contribution in [-0.4, -0.2) is 46.4 Å². The van der Waals surface area contributed by atoms with Gasteiger partial charge in [-0.25, -0.2) is 9.59 Å². The van der Waals surface area contributed by atoms with Crippen molar-refractivity contribution in [2.75, 3.05) is 0 Å². The van der Waals surface area contributed by atoms with Crippen LogP contribution in [-0.2, 0) is 34.0 Å². The van der Waals surface area contributed by atoms with Crippen molar-refractivity contribution in [3.05, 3.63) is 102 Å². The van der Waals surface area contributed by atoms with Gasteiger partial charge in [0, 0.05) is 6.42 Å². The molecule has 0 spiro atoms. The van der Waals surface area contributed by atoms with Gasteiger partial charge in [0.25, 0.3) is 0 Å². The molecule has 0 aliphatic rings. The van der Waals surface area contributed by atoms with Crippen molar-refractivity contribution < 1.29 is 34.1 Å². The summed E-state index contributed by atoms with van der Waals surface area (Å²) in [6.45, 7) is 1.64. The minimum absolute atomic E-state index is 0.0265. The Morgan fingerprint density at radius 2 is 1.41 bits per heavy atom. The number of carboxylic acid groups (broad SMARTS) is 1. The van der Waals surface area contributed by atoms with Crippen LogP contribution in [0.1, 0.15) is 23.6 Å². The average Bonchev–Trinajstić information content (AvgIpc) is 2.90. The van der Waals surface area contributed by atoms with Gasteiger partial charge in [0.2, 0.25) is 5.91 Å². The zero-order valence-electron chi connectivity index (χ0n) is 20.4. The van der Waals surface area contributed by atoms with E-state index < -0.39 is 36.2 Å². The Labute approximate surface area is 215 Å². The highest BCUT2D eigenvalue weighted by Crippen LogP contribution is 2.17. The Kier molecular flexibility index (Phi) is 10.0. The third-order valence-electron chi connectivity index (χ3n) is 5.45. The largest absolute Gasteiger partial charge is 0.489 e. The SMILES string of the molecule is C[C@@H](O)[C@H](NC(=O)OCc1ccccc1)C(=O)N[C@H](Cc1cccc(OCc2ccccc2)c1)C(=O)O. The van der Waals surface area contributed by atoms with Gasteiger partial charge in [-0.3, -0.25) is 4.79 Å². The first-order valence-electron chi connectivity index (χ1n) is 11.8. The third kappa shape index (κ3) is 8.97. The number of aliphatic hydroxyl groups is 1. The lowest BCUT2D eigenvalue weighted by atomic mass is 10.0. The highest BCUT2D eigenvalue weighted by Gasteiger charge is 2.30. The van der Waals surface area contributed by atoms with Gasteiger partial charge in [0.15, 0.2) is 0 Å². The summed E-state index contributed by atoms with van der Waals surface area (Å²) < 4.78 is 10.9. The van der Waals surface area contributed by atoms with E-state index in [1.165, 1.54) is 6.92 Å². The van der Waals surface area contributed by atoms with Crippen molar-refractivity contribution in [1.29, 1.82) is 0 Å². The van der Waals surface area contributed by atoms with Crippen molar-refractivity contribution in [2.24, 2.45) is 0 Å². The minimum Gasteiger partial charge on any atom is -0.489 e. The number of carbonyl (C=O) groups excluding carboxylic acids is 2. The van der Waals surface area contributed by atoms with Crippen LogP contribution in [0.4, 0.5) is 4.79 Å². The second-order valence-electron chi connectivity index (χ2n) is 8.45. The molecule has 3 aromatic rings. The fourth-order valence-electron chi connectivity index (χ4n) is 3.50. The third-order valence-corrected chi connectivity index (χ3v) is 5.45. The lowest BCUT2D eigenvalue weighted by Crippen LogP contribution is -2.56. The zero-order chi connectivity index (χ0) is 26.6. The summed E-state index contributed by atoms with van der Waals surface area (Å²) in [6.07, 6.45) is -2.25. The Hall–Kier alpha value is -4.37. The highest BCUT2D eigenvalue weighted by atomic mass is 16.5. The summed E-state index contributed by atoms with van der Waals surface area (Å²) >= 11 is 0. The monoisotopic (exact) mass is 506 g/mol. The molecule has 0 aliphatic carbocycles. The van der Waals surface area contributed by atoms with Gasteiger partial charge in [-0.1, -0.05) is 72.8 Å². The summed E-state index contributed by atoms with van der Waals surface area (Å²) in [5, 5.41) is 24.4. The van der Waals surface area contributed by atoms with Gasteiger partial charge in [0.1, 0.15) is 31.0 Å². The first-order chi connectivity index (χ1) is 17.8. The molecule has 0 fully saturated rings. The summed E-state index contributed by atoms with van der Waals surface area (Å²) in [4.78, 5) is 36.9. The summed E-state index contributed by atoms with van der Waals surface area (Å²) in [5.74, 6) is -1.56. The molecule has 0 heterocycles. The molecule has 0 aliphatic heterocycles. The molecule has 0 radical (unpaired) electrons. The number of amides is 2. The predicted octanol–water partition coefficient (Wildman–Crippen LogP) is 3.05. The number of aliphatic carboxylic acids is 1. The van der Waals surface area contributed by atoms with Gasteiger partial charge in [0.05, 0.1) is 6.10 Å². The van der Waals surface area contributed by atoms with E-state index in [1.807, 2.05) is 36.4 Å². The molecule has 9 heteroatoms. The topological polar surface area (TPSA) is 134 Å². The number of carbonyl (C=O) groups is 3. The minimum atomic E-state index is -1.41. The molecule has 0 aromatic heterocycles. The summed E-state index contributed by atoms with van der Waals surface area (Å²) in [5.41, 5.74) is 2.36. The Balaban J connectivity index is 1.58. The van der Waals surface area contributed by atoms with Gasteiger partial charge >= 0.3 is 12.1 Å². The molecule has 9 nitrogen and oxygen atoms in total.